The van der Waals surface area contributed by atoms with Crippen molar-refractivity contribution in [3.05, 3.63) is 74.7 Å². The molecule has 0 spiro atoms. The normalized spacial score (nSPS) is 11.4. The Morgan fingerprint density at radius 2 is 1.83 bits per heavy atom. The Balaban J connectivity index is 2.07. The highest BCUT2D eigenvalue weighted by molar-refractivity contribution is 9.10. The van der Waals surface area contributed by atoms with Crippen LogP contribution in [0.1, 0.15) is 28.4 Å². The molecule has 1 heterocycles. The molecule has 5 nitrogen and oxygen atoms in total. The number of rotatable bonds is 5. The third-order valence-electron chi connectivity index (χ3n) is 4.32. The van der Waals surface area contributed by atoms with E-state index in [1.807, 2.05) is 6.07 Å². The van der Waals surface area contributed by atoms with Crippen molar-refractivity contribution in [2.75, 3.05) is 5.73 Å². The molecule has 1 aromatic heterocycles. The van der Waals surface area contributed by atoms with E-state index in [4.69, 9.17) is 17.3 Å². The molecule has 0 radical (unpaired) electrons. The minimum atomic E-state index is -0.523. The van der Waals surface area contributed by atoms with Gasteiger partial charge in [0.15, 0.2) is 5.78 Å². The van der Waals surface area contributed by atoms with Crippen molar-refractivity contribution >= 4 is 50.9 Å². The highest BCUT2D eigenvalue weighted by Crippen LogP contribution is 2.38. The van der Waals surface area contributed by atoms with Gasteiger partial charge in [-0.1, -0.05) is 63.6 Å². The smallest absolute Gasteiger partial charge is 0.175 e. The zero-order chi connectivity index (χ0) is 21.8. The maximum atomic E-state index is 12.8. The lowest BCUT2D eigenvalue weighted by atomic mass is 9.97. The topological polar surface area (TPSA) is 104 Å². The first-order chi connectivity index (χ1) is 14.3. The number of Topliss-reactive ketones (excluding diaryl/α,β-unsaturated/α-hetero) is 1. The standard InChI is InChI=1S/C22H14BrClN4OS/c1-12(20(29)13-5-7-15(23)8-6-13)30-22-18(11-26)19(17(10-25)21(27)28-22)14-3-2-4-16(24)9-14/h2-9,12H,1H3,(H2,27,28). The number of benzene rings is 2. The molecule has 3 aromatic rings. The number of ketones is 1. The molecule has 0 fully saturated rings. The number of nitrogen functional groups attached to an aromatic ring is 1. The van der Waals surface area contributed by atoms with E-state index in [-0.39, 0.29) is 22.7 Å². The number of carbonyl (C=O) groups is 1. The Morgan fingerprint density at radius 3 is 2.43 bits per heavy atom. The highest BCUT2D eigenvalue weighted by atomic mass is 79.9. The third-order valence-corrected chi connectivity index (χ3v) is 6.17. The number of anilines is 1. The van der Waals surface area contributed by atoms with Crippen molar-refractivity contribution in [1.82, 2.24) is 4.98 Å². The molecule has 0 aliphatic heterocycles. The summed E-state index contributed by atoms with van der Waals surface area (Å²) in [7, 11) is 0. The lowest BCUT2D eigenvalue weighted by Gasteiger charge is -2.15. The number of thioether (sulfide) groups is 1. The number of aromatic nitrogens is 1. The molecule has 148 valence electrons. The van der Waals surface area contributed by atoms with Crippen LogP contribution in [0.5, 0.6) is 0 Å². The van der Waals surface area contributed by atoms with Gasteiger partial charge in [0.25, 0.3) is 0 Å². The van der Waals surface area contributed by atoms with Gasteiger partial charge in [0, 0.05) is 20.6 Å². The van der Waals surface area contributed by atoms with Crippen molar-refractivity contribution < 1.29 is 4.79 Å². The van der Waals surface area contributed by atoms with Crippen molar-refractivity contribution in [3.8, 4) is 23.3 Å². The Labute approximate surface area is 191 Å². The van der Waals surface area contributed by atoms with Crippen LogP contribution in [0.2, 0.25) is 5.02 Å². The summed E-state index contributed by atoms with van der Waals surface area (Å²) in [5, 5.41) is 19.7. The lowest BCUT2D eigenvalue weighted by molar-refractivity contribution is 0.0994. The van der Waals surface area contributed by atoms with E-state index in [1.165, 1.54) is 0 Å². The zero-order valence-electron chi connectivity index (χ0n) is 15.7. The summed E-state index contributed by atoms with van der Waals surface area (Å²) in [4.78, 5) is 17.1. The van der Waals surface area contributed by atoms with E-state index < -0.39 is 5.25 Å². The number of pyridine rings is 1. The monoisotopic (exact) mass is 496 g/mol. The molecular weight excluding hydrogens is 484 g/mol. The molecule has 0 bridgehead atoms. The Morgan fingerprint density at radius 1 is 1.17 bits per heavy atom. The predicted molar refractivity (Wildman–Crippen MR) is 122 cm³/mol. The van der Waals surface area contributed by atoms with Crippen LogP contribution in [0.25, 0.3) is 11.1 Å². The predicted octanol–water partition coefficient (Wildman–Crippen LogP) is 5.85. The minimum Gasteiger partial charge on any atom is -0.383 e. The van der Waals surface area contributed by atoms with E-state index in [0.717, 1.165) is 16.2 Å². The number of halogens is 2. The second-order valence-corrected chi connectivity index (χ2v) is 8.97. The third kappa shape index (κ3) is 4.49. The molecule has 0 saturated carbocycles. The fraction of sp³-hybridized carbons (Fsp3) is 0.0909. The molecule has 3 rings (SSSR count). The van der Waals surface area contributed by atoms with Gasteiger partial charge < -0.3 is 5.73 Å². The molecule has 1 atom stereocenters. The summed E-state index contributed by atoms with van der Waals surface area (Å²) < 4.78 is 0.874. The molecule has 0 amide bonds. The average molecular weight is 498 g/mol. The van der Waals surface area contributed by atoms with Gasteiger partial charge in [0.1, 0.15) is 28.5 Å². The fourth-order valence-corrected chi connectivity index (χ4v) is 4.34. The number of nitrogens with two attached hydrogens (primary N) is 1. The molecule has 30 heavy (non-hydrogen) atoms. The van der Waals surface area contributed by atoms with Crippen LogP contribution in [-0.2, 0) is 0 Å². The maximum absolute atomic E-state index is 12.8. The van der Waals surface area contributed by atoms with Crippen LogP contribution >= 0.6 is 39.3 Å². The lowest BCUT2D eigenvalue weighted by Crippen LogP contribution is -2.14. The van der Waals surface area contributed by atoms with Gasteiger partial charge in [-0.25, -0.2) is 4.98 Å². The van der Waals surface area contributed by atoms with Crippen molar-refractivity contribution in [2.45, 2.75) is 17.2 Å². The first kappa shape index (κ1) is 21.9. The molecule has 8 heteroatoms. The van der Waals surface area contributed by atoms with Crippen LogP contribution in [0, 0.1) is 22.7 Å². The molecule has 2 aromatic carbocycles. The fourth-order valence-electron chi connectivity index (χ4n) is 2.89. The summed E-state index contributed by atoms with van der Waals surface area (Å²) in [6, 6.07) is 18.0. The van der Waals surface area contributed by atoms with Gasteiger partial charge in [-0.3, -0.25) is 4.79 Å². The highest BCUT2D eigenvalue weighted by Gasteiger charge is 2.24. The van der Waals surface area contributed by atoms with Gasteiger partial charge in [-0.05, 0) is 36.8 Å². The number of hydrogen-bond donors (Lipinski definition) is 1. The van der Waals surface area contributed by atoms with E-state index in [9.17, 15) is 15.3 Å². The Bertz CT molecular complexity index is 1220. The maximum Gasteiger partial charge on any atom is 0.175 e. The summed E-state index contributed by atoms with van der Waals surface area (Å²) in [6.45, 7) is 1.74. The van der Waals surface area contributed by atoms with Gasteiger partial charge in [-0.2, -0.15) is 10.5 Å². The molecule has 0 saturated heterocycles. The number of nitriles is 2. The number of carbonyl (C=O) groups excluding carboxylic acids is 1. The van der Waals surface area contributed by atoms with E-state index >= 15 is 0 Å². The quantitative estimate of drug-likeness (QED) is 0.350. The second-order valence-electron chi connectivity index (χ2n) is 6.29. The molecule has 2 N–H and O–H groups in total. The number of hydrogen-bond acceptors (Lipinski definition) is 6. The molecule has 1 unspecified atom stereocenters. The first-order valence-electron chi connectivity index (χ1n) is 8.71. The summed E-state index contributed by atoms with van der Waals surface area (Å²) in [5.74, 6) is -0.109. The van der Waals surface area contributed by atoms with Gasteiger partial charge >= 0.3 is 0 Å². The SMILES string of the molecule is CC(Sc1nc(N)c(C#N)c(-c2cccc(Cl)c2)c1C#N)C(=O)c1ccc(Br)cc1. The second kappa shape index (κ2) is 9.32. The van der Waals surface area contributed by atoms with Crippen LogP contribution < -0.4 is 5.73 Å². The first-order valence-corrected chi connectivity index (χ1v) is 10.8. The van der Waals surface area contributed by atoms with E-state index in [0.29, 0.717) is 26.7 Å². The number of nitrogens with zero attached hydrogens (tertiary/aromatic N) is 3. The van der Waals surface area contributed by atoms with E-state index in [1.54, 1.807) is 55.5 Å². The van der Waals surface area contributed by atoms with Crippen molar-refractivity contribution in [3.63, 3.8) is 0 Å². The van der Waals surface area contributed by atoms with Crippen molar-refractivity contribution in [1.29, 1.82) is 10.5 Å². The van der Waals surface area contributed by atoms with E-state index in [2.05, 4.69) is 27.0 Å². The molecule has 0 aliphatic carbocycles. The summed E-state index contributed by atoms with van der Waals surface area (Å²) in [6.07, 6.45) is 0. The van der Waals surface area contributed by atoms with Crippen LogP contribution in [0.4, 0.5) is 5.82 Å². The van der Waals surface area contributed by atoms with Crippen LogP contribution in [0.3, 0.4) is 0 Å². The molecule has 0 aliphatic rings. The Hall–Kier alpha value is -2.84. The largest absolute Gasteiger partial charge is 0.383 e. The molecular formula is C22H14BrClN4OS. The Kier molecular flexibility index (Phi) is 6.79. The van der Waals surface area contributed by atoms with Crippen LogP contribution in [-0.4, -0.2) is 16.0 Å². The average Bonchev–Trinajstić information content (AvgIpc) is 2.73. The summed E-state index contributed by atoms with van der Waals surface area (Å²) in [5.41, 5.74) is 7.81. The van der Waals surface area contributed by atoms with Gasteiger partial charge in [0.2, 0.25) is 0 Å². The minimum absolute atomic E-state index is 0.00253. The van der Waals surface area contributed by atoms with Gasteiger partial charge in [0.05, 0.1) is 10.8 Å². The summed E-state index contributed by atoms with van der Waals surface area (Å²) >= 11 is 10.6. The zero-order valence-corrected chi connectivity index (χ0v) is 18.8. The van der Waals surface area contributed by atoms with Crippen LogP contribution in [0.15, 0.2) is 58.0 Å². The van der Waals surface area contributed by atoms with Crippen molar-refractivity contribution in [2.24, 2.45) is 0 Å². The van der Waals surface area contributed by atoms with Gasteiger partial charge in [-0.15, -0.1) is 0 Å².